The van der Waals surface area contributed by atoms with Gasteiger partial charge in [0.2, 0.25) is 0 Å². The minimum absolute atomic E-state index is 0.0145. The van der Waals surface area contributed by atoms with Crippen molar-refractivity contribution in [3.63, 3.8) is 0 Å². The predicted octanol–water partition coefficient (Wildman–Crippen LogP) is 1.75. The van der Waals surface area contributed by atoms with Gasteiger partial charge < -0.3 is 14.2 Å². The van der Waals surface area contributed by atoms with Crippen LogP contribution in [0.3, 0.4) is 0 Å². The Hall–Kier alpha value is -1.26. The molecular weight excluding hydrogens is 200 g/mol. The summed E-state index contributed by atoms with van der Waals surface area (Å²) in [5.74, 6) is -0.324. The molecule has 0 radical (unpaired) electrons. The van der Waals surface area contributed by atoms with Crippen LogP contribution in [0.25, 0.3) is 0 Å². The Bertz CT molecular complexity index is 216. The van der Waals surface area contributed by atoms with E-state index in [-0.39, 0.29) is 25.8 Å². The van der Waals surface area contributed by atoms with Gasteiger partial charge in [0, 0.05) is 0 Å². The van der Waals surface area contributed by atoms with Gasteiger partial charge in [-0.3, -0.25) is 4.79 Å². The van der Waals surface area contributed by atoms with Crippen molar-refractivity contribution in [1.82, 2.24) is 0 Å². The van der Waals surface area contributed by atoms with Crippen LogP contribution in [0.15, 0.2) is 0 Å². The van der Waals surface area contributed by atoms with Crippen molar-refractivity contribution in [3.8, 4) is 0 Å². The van der Waals surface area contributed by atoms with Crippen molar-refractivity contribution in [1.29, 1.82) is 0 Å². The highest BCUT2D eigenvalue weighted by atomic mass is 16.7. The molecule has 0 spiro atoms. The van der Waals surface area contributed by atoms with E-state index in [0.717, 1.165) is 0 Å². The zero-order valence-corrected chi connectivity index (χ0v) is 9.66. The highest BCUT2D eigenvalue weighted by molar-refractivity contribution is 5.75. The summed E-state index contributed by atoms with van der Waals surface area (Å²) in [6, 6.07) is 0. The van der Waals surface area contributed by atoms with Gasteiger partial charge in [-0.1, -0.05) is 0 Å². The molecule has 0 aromatic heterocycles. The fraction of sp³-hybridized carbons (Fsp3) is 0.800. The monoisotopic (exact) mass is 218 g/mol. The summed E-state index contributed by atoms with van der Waals surface area (Å²) < 4.78 is 14.0. The van der Waals surface area contributed by atoms with E-state index < -0.39 is 11.6 Å². The normalized spacial score (nSPS) is 10.7. The molecule has 0 atom stereocenters. The smallest absolute Gasteiger partial charge is 0.462 e. The van der Waals surface area contributed by atoms with Gasteiger partial charge in [-0.05, 0) is 27.7 Å². The third-order valence-electron chi connectivity index (χ3n) is 1.41. The molecule has 0 fully saturated rings. The molecule has 15 heavy (non-hydrogen) atoms. The molecule has 0 heterocycles. The molecule has 5 nitrogen and oxygen atoms in total. The van der Waals surface area contributed by atoms with Gasteiger partial charge in [-0.15, -0.1) is 0 Å². The van der Waals surface area contributed by atoms with Gasteiger partial charge in [-0.2, -0.15) is 0 Å². The average Bonchev–Trinajstić information content (AvgIpc) is 2.11. The fourth-order valence-corrected chi connectivity index (χ4v) is 0.635. The zero-order valence-electron chi connectivity index (χ0n) is 9.66. The Labute approximate surface area is 89.7 Å². The van der Waals surface area contributed by atoms with Gasteiger partial charge >= 0.3 is 12.1 Å². The van der Waals surface area contributed by atoms with Crippen LogP contribution in [0.4, 0.5) is 4.79 Å². The second-order valence-electron chi connectivity index (χ2n) is 3.92. The van der Waals surface area contributed by atoms with Crippen molar-refractivity contribution in [2.75, 3.05) is 19.8 Å². The summed E-state index contributed by atoms with van der Waals surface area (Å²) >= 11 is 0. The first-order valence-corrected chi connectivity index (χ1v) is 4.84. The lowest BCUT2D eigenvalue weighted by atomic mass is 9.97. The first-order chi connectivity index (χ1) is 6.88. The van der Waals surface area contributed by atoms with Crippen LogP contribution in [0.1, 0.15) is 27.7 Å². The van der Waals surface area contributed by atoms with E-state index in [1.54, 1.807) is 27.7 Å². The Morgan fingerprint density at radius 3 is 2.00 bits per heavy atom. The standard InChI is InChI=1S/C10H18O5/c1-5-13-9(12)15-7-6-14-8(11)10(2,3)4/h5-7H2,1-4H3. The van der Waals surface area contributed by atoms with E-state index in [1.807, 2.05) is 0 Å². The second kappa shape index (κ2) is 6.27. The Morgan fingerprint density at radius 2 is 1.53 bits per heavy atom. The maximum absolute atomic E-state index is 11.2. The molecule has 0 aliphatic carbocycles. The van der Waals surface area contributed by atoms with Crippen molar-refractivity contribution in [2.45, 2.75) is 27.7 Å². The van der Waals surface area contributed by atoms with Gasteiger partial charge in [0.15, 0.2) is 0 Å². The topological polar surface area (TPSA) is 61.8 Å². The lowest BCUT2D eigenvalue weighted by molar-refractivity contribution is -0.154. The van der Waals surface area contributed by atoms with Crippen molar-refractivity contribution >= 4 is 12.1 Å². The minimum atomic E-state index is -0.746. The average molecular weight is 218 g/mol. The molecule has 0 N–H and O–H groups in total. The molecule has 0 saturated carbocycles. The fourth-order valence-electron chi connectivity index (χ4n) is 0.635. The summed E-state index contributed by atoms with van der Waals surface area (Å²) in [6.07, 6.45) is -0.746. The maximum Gasteiger partial charge on any atom is 0.508 e. The van der Waals surface area contributed by atoms with Crippen LogP contribution in [-0.4, -0.2) is 31.9 Å². The van der Waals surface area contributed by atoms with Crippen molar-refractivity contribution in [2.24, 2.45) is 5.41 Å². The number of ether oxygens (including phenoxy) is 3. The molecule has 0 aromatic rings. The quantitative estimate of drug-likeness (QED) is 0.531. The third kappa shape index (κ3) is 6.76. The van der Waals surface area contributed by atoms with Crippen molar-refractivity contribution in [3.05, 3.63) is 0 Å². The maximum atomic E-state index is 11.2. The van der Waals surface area contributed by atoms with E-state index in [0.29, 0.717) is 0 Å². The third-order valence-corrected chi connectivity index (χ3v) is 1.41. The molecule has 0 rings (SSSR count). The first-order valence-electron chi connectivity index (χ1n) is 4.84. The predicted molar refractivity (Wildman–Crippen MR) is 53.4 cm³/mol. The summed E-state index contributed by atoms with van der Waals surface area (Å²) in [5.41, 5.74) is -0.538. The molecular formula is C10H18O5. The SMILES string of the molecule is CCOC(=O)OCCOC(=O)C(C)(C)C. The van der Waals surface area contributed by atoms with Crippen LogP contribution >= 0.6 is 0 Å². The van der Waals surface area contributed by atoms with Crippen LogP contribution in [0, 0.1) is 5.41 Å². The van der Waals surface area contributed by atoms with E-state index in [4.69, 9.17) is 4.74 Å². The van der Waals surface area contributed by atoms with E-state index in [1.165, 1.54) is 0 Å². The largest absolute Gasteiger partial charge is 0.508 e. The van der Waals surface area contributed by atoms with Gasteiger partial charge in [-0.25, -0.2) is 4.79 Å². The molecule has 0 aromatic carbocycles. The summed E-state index contributed by atoms with van der Waals surface area (Å²) in [6.45, 7) is 7.27. The molecule has 0 saturated heterocycles. The van der Waals surface area contributed by atoms with Gasteiger partial charge in [0.25, 0.3) is 0 Å². The summed E-state index contributed by atoms with van der Waals surface area (Å²) in [5, 5.41) is 0. The highest BCUT2D eigenvalue weighted by Gasteiger charge is 2.22. The lowest BCUT2D eigenvalue weighted by Gasteiger charge is -2.16. The Kier molecular flexibility index (Phi) is 5.74. The Morgan fingerprint density at radius 1 is 1.00 bits per heavy atom. The number of carbonyl (C=O) groups excluding carboxylic acids is 2. The Balaban J connectivity index is 3.55. The van der Waals surface area contributed by atoms with Crippen LogP contribution in [-0.2, 0) is 19.0 Å². The number of rotatable bonds is 4. The van der Waals surface area contributed by atoms with Crippen LogP contribution in [0.2, 0.25) is 0 Å². The molecule has 0 unspecified atom stereocenters. The van der Waals surface area contributed by atoms with Crippen molar-refractivity contribution < 1.29 is 23.8 Å². The van der Waals surface area contributed by atoms with E-state index in [2.05, 4.69) is 9.47 Å². The molecule has 0 bridgehead atoms. The van der Waals surface area contributed by atoms with Gasteiger partial charge in [0.1, 0.15) is 13.2 Å². The molecule has 0 aliphatic heterocycles. The summed E-state index contributed by atoms with van der Waals surface area (Å²) in [4.78, 5) is 21.9. The molecule has 0 aliphatic rings. The lowest BCUT2D eigenvalue weighted by Crippen LogP contribution is -2.25. The highest BCUT2D eigenvalue weighted by Crippen LogP contribution is 2.14. The second-order valence-corrected chi connectivity index (χ2v) is 3.92. The van der Waals surface area contributed by atoms with Crippen LogP contribution in [0.5, 0.6) is 0 Å². The van der Waals surface area contributed by atoms with Gasteiger partial charge in [0.05, 0.1) is 12.0 Å². The summed E-state index contributed by atoms with van der Waals surface area (Å²) in [7, 11) is 0. The number of hydrogen-bond acceptors (Lipinski definition) is 5. The minimum Gasteiger partial charge on any atom is -0.462 e. The number of hydrogen-bond donors (Lipinski definition) is 0. The van der Waals surface area contributed by atoms with Crippen LogP contribution < -0.4 is 0 Å². The zero-order chi connectivity index (χ0) is 11.9. The van der Waals surface area contributed by atoms with E-state index in [9.17, 15) is 9.59 Å². The molecule has 5 heteroatoms. The number of carbonyl (C=O) groups is 2. The van der Waals surface area contributed by atoms with E-state index >= 15 is 0 Å². The first kappa shape index (κ1) is 13.7. The number of esters is 1. The molecule has 88 valence electrons. The molecule has 0 amide bonds.